The van der Waals surface area contributed by atoms with Gasteiger partial charge < -0.3 is 9.47 Å². The minimum Gasteiger partial charge on any atom is -0.341 e. The van der Waals surface area contributed by atoms with E-state index in [-0.39, 0.29) is 17.5 Å². The van der Waals surface area contributed by atoms with Crippen LogP contribution < -0.4 is 0 Å². The van der Waals surface area contributed by atoms with Gasteiger partial charge in [0.1, 0.15) is 5.82 Å². The number of aromatic nitrogens is 3. The summed E-state index contributed by atoms with van der Waals surface area (Å²) in [6.07, 6.45) is 0.746. The van der Waals surface area contributed by atoms with E-state index in [1.54, 1.807) is 30.1 Å². The first kappa shape index (κ1) is 22.7. The first-order chi connectivity index (χ1) is 16.1. The van der Waals surface area contributed by atoms with Crippen LogP contribution in [0.15, 0.2) is 90.1 Å². The van der Waals surface area contributed by atoms with Crippen molar-refractivity contribution in [3.8, 4) is 11.4 Å². The largest absolute Gasteiger partial charge is 0.341 e. The number of rotatable bonds is 9. The standard InChI is InChI=1S/C26H25FN4OS/c1-30(18-21-12-6-3-7-13-21)24(32)19-33-26-29-28-25(22-14-8-9-15-23(22)27)31(26)17-16-20-10-4-2-5-11-20/h2-15H,16-19H2,1H3. The van der Waals surface area contributed by atoms with Gasteiger partial charge in [0, 0.05) is 20.1 Å². The molecule has 1 heterocycles. The smallest absolute Gasteiger partial charge is 0.233 e. The number of aryl methyl sites for hydroxylation is 1. The molecule has 0 aliphatic heterocycles. The summed E-state index contributed by atoms with van der Waals surface area (Å²) in [6, 6.07) is 26.5. The fourth-order valence-corrected chi connectivity index (χ4v) is 4.41. The van der Waals surface area contributed by atoms with Crippen molar-refractivity contribution in [1.29, 1.82) is 0 Å². The molecule has 0 saturated heterocycles. The lowest BCUT2D eigenvalue weighted by molar-refractivity contribution is -0.127. The first-order valence-electron chi connectivity index (χ1n) is 10.7. The van der Waals surface area contributed by atoms with Gasteiger partial charge >= 0.3 is 0 Å². The van der Waals surface area contributed by atoms with Gasteiger partial charge in [0.2, 0.25) is 5.91 Å². The van der Waals surface area contributed by atoms with Crippen LogP contribution in [-0.2, 0) is 24.3 Å². The van der Waals surface area contributed by atoms with Crippen LogP contribution in [-0.4, -0.2) is 38.4 Å². The van der Waals surface area contributed by atoms with Gasteiger partial charge in [-0.2, -0.15) is 0 Å². The summed E-state index contributed by atoms with van der Waals surface area (Å²) in [5.74, 6) is 0.343. The van der Waals surface area contributed by atoms with E-state index in [0.717, 1.165) is 12.0 Å². The summed E-state index contributed by atoms with van der Waals surface area (Å²) in [5, 5.41) is 9.18. The third kappa shape index (κ3) is 5.87. The van der Waals surface area contributed by atoms with E-state index in [9.17, 15) is 9.18 Å². The number of carbonyl (C=O) groups excluding carboxylic acids is 1. The summed E-state index contributed by atoms with van der Waals surface area (Å²) in [7, 11) is 1.79. The number of hydrogen-bond donors (Lipinski definition) is 0. The van der Waals surface area contributed by atoms with Crippen LogP contribution in [0, 0.1) is 5.82 Å². The third-order valence-electron chi connectivity index (χ3n) is 5.31. The van der Waals surface area contributed by atoms with Crippen LogP contribution >= 0.6 is 11.8 Å². The number of benzene rings is 3. The Morgan fingerprint density at radius 2 is 1.55 bits per heavy atom. The van der Waals surface area contributed by atoms with Gasteiger partial charge in [-0.1, -0.05) is 84.6 Å². The van der Waals surface area contributed by atoms with Crippen molar-refractivity contribution < 1.29 is 9.18 Å². The highest BCUT2D eigenvalue weighted by Gasteiger charge is 2.19. The quantitative estimate of drug-likeness (QED) is 0.327. The lowest BCUT2D eigenvalue weighted by Gasteiger charge is -2.17. The van der Waals surface area contributed by atoms with Crippen LogP contribution in [0.4, 0.5) is 4.39 Å². The molecule has 0 aliphatic rings. The summed E-state index contributed by atoms with van der Waals surface area (Å²) < 4.78 is 16.4. The van der Waals surface area contributed by atoms with E-state index < -0.39 is 0 Å². The van der Waals surface area contributed by atoms with Gasteiger partial charge in [0.05, 0.1) is 11.3 Å². The van der Waals surface area contributed by atoms with Gasteiger partial charge in [-0.3, -0.25) is 4.79 Å². The molecule has 0 unspecified atom stereocenters. The molecule has 0 aliphatic carbocycles. The Hall–Kier alpha value is -3.45. The van der Waals surface area contributed by atoms with E-state index in [1.807, 2.05) is 53.1 Å². The topological polar surface area (TPSA) is 51.0 Å². The number of carbonyl (C=O) groups is 1. The highest BCUT2D eigenvalue weighted by atomic mass is 32.2. The number of thioether (sulfide) groups is 1. The molecule has 1 aromatic heterocycles. The minimum atomic E-state index is -0.346. The molecule has 33 heavy (non-hydrogen) atoms. The molecular formula is C26H25FN4OS. The second-order valence-electron chi connectivity index (χ2n) is 7.70. The number of halogens is 1. The zero-order valence-electron chi connectivity index (χ0n) is 18.4. The molecular weight excluding hydrogens is 435 g/mol. The molecule has 4 rings (SSSR count). The predicted molar refractivity (Wildman–Crippen MR) is 129 cm³/mol. The fraction of sp³-hybridized carbons (Fsp3) is 0.192. The van der Waals surface area contributed by atoms with E-state index in [0.29, 0.717) is 29.6 Å². The Bertz CT molecular complexity index is 1200. The molecule has 0 N–H and O–H groups in total. The molecule has 0 saturated carbocycles. The van der Waals surface area contributed by atoms with Crippen LogP contribution in [0.1, 0.15) is 11.1 Å². The molecule has 7 heteroatoms. The van der Waals surface area contributed by atoms with Crippen molar-refractivity contribution in [2.75, 3.05) is 12.8 Å². The minimum absolute atomic E-state index is 0.00564. The maximum atomic E-state index is 14.5. The predicted octanol–water partition coefficient (Wildman–Crippen LogP) is 5.08. The van der Waals surface area contributed by atoms with E-state index in [2.05, 4.69) is 22.3 Å². The van der Waals surface area contributed by atoms with Gasteiger partial charge in [0.15, 0.2) is 11.0 Å². The van der Waals surface area contributed by atoms with Crippen molar-refractivity contribution in [2.24, 2.45) is 0 Å². The zero-order chi connectivity index (χ0) is 23.0. The third-order valence-corrected chi connectivity index (χ3v) is 6.26. The summed E-state index contributed by atoms with van der Waals surface area (Å²) in [5.41, 5.74) is 2.64. The average molecular weight is 461 g/mol. The van der Waals surface area contributed by atoms with Crippen molar-refractivity contribution in [2.45, 2.75) is 24.7 Å². The Labute approximate surface area is 197 Å². The van der Waals surface area contributed by atoms with Gasteiger partial charge in [-0.15, -0.1) is 10.2 Å². The lowest BCUT2D eigenvalue weighted by atomic mass is 10.1. The van der Waals surface area contributed by atoms with Gasteiger partial charge in [-0.25, -0.2) is 4.39 Å². The summed E-state index contributed by atoms with van der Waals surface area (Å²) in [4.78, 5) is 14.4. The molecule has 4 aromatic rings. The molecule has 0 fully saturated rings. The Balaban J connectivity index is 1.50. The SMILES string of the molecule is CN(Cc1ccccc1)C(=O)CSc1nnc(-c2ccccc2F)n1CCc1ccccc1. The van der Waals surface area contributed by atoms with Crippen LogP contribution in [0.3, 0.4) is 0 Å². The van der Waals surface area contributed by atoms with Gasteiger partial charge in [-0.05, 0) is 29.7 Å². The monoisotopic (exact) mass is 460 g/mol. The lowest BCUT2D eigenvalue weighted by Crippen LogP contribution is -2.27. The van der Waals surface area contributed by atoms with E-state index in [4.69, 9.17) is 0 Å². The van der Waals surface area contributed by atoms with E-state index in [1.165, 1.54) is 23.4 Å². The second kappa shape index (κ2) is 10.9. The van der Waals surface area contributed by atoms with Crippen molar-refractivity contribution >= 4 is 17.7 Å². The first-order valence-corrected chi connectivity index (χ1v) is 11.7. The van der Waals surface area contributed by atoms with Crippen LogP contribution in [0.25, 0.3) is 11.4 Å². The Morgan fingerprint density at radius 1 is 0.909 bits per heavy atom. The van der Waals surface area contributed by atoms with Crippen LogP contribution in [0.5, 0.6) is 0 Å². The Kier molecular flexibility index (Phi) is 7.52. The van der Waals surface area contributed by atoms with Crippen LogP contribution in [0.2, 0.25) is 0 Å². The maximum Gasteiger partial charge on any atom is 0.233 e. The van der Waals surface area contributed by atoms with Crippen molar-refractivity contribution in [3.05, 3.63) is 102 Å². The second-order valence-corrected chi connectivity index (χ2v) is 8.64. The highest BCUT2D eigenvalue weighted by molar-refractivity contribution is 7.99. The Morgan fingerprint density at radius 3 is 2.24 bits per heavy atom. The molecule has 3 aromatic carbocycles. The molecule has 0 spiro atoms. The fourth-order valence-electron chi connectivity index (χ4n) is 3.51. The number of amides is 1. The van der Waals surface area contributed by atoms with Crippen molar-refractivity contribution in [1.82, 2.24) is 19.7 Å². The molecule has 0 radical (unpaired) electrons. The molecule has 5 nitrogen and oxygen atoms in total. The highest BCUT2D eigenvalue weighted by Crippen LogP contribution is 2.26. The average Bonchev–Trinajstić information content (AvgIpc) is 3.25. The zero-order valence-corrected chi connectivity index (χ0v) is 19.2. The number of hydrogen-bond acceptors (Lipinski definition) is 4. The normalized spacial score (nSPS) is 10.8. The summed E-state index contributed by atoms with van der Waals surface area (Å²) in [6.45, 7) is 1.12. The molecule has 0 bridgehead atoms. The van der Waals surface area contributed by atoms with Gasteiger partial charge in [0.25, 0.3) is 0 Å². The maximum absolute atomic E-state index is 14.5. The summed E-state index contributed by atoms with van der Waals surface area (Å²) >= 11 is 1.33. The molecule has 168 valence electrons. The molecule has 0 atom stereocenters. The molecule has 1 amide bonds. The van der Waals surface area contributed by atoms with Crippen molar-refractivity contribution in [3.63, 3.8) is 0 Å². The number of nitrogens with zero attached hydrogens (tertiary/aromatic N) is 4. The van der Waals surface area contributed by atoms with E-state index >= 15 is 0 Å².